The van der Waals surface area contributed by atoms with E-state index in [1.807, 2.05) is 79.0 Å². The van der Waals surface area contributed by atoms with E-state index in [1.54, 1.807) is 17.4 Å². The molecule has 28 heavy (non-hydrogen) atoms. The van der Waals surface area contributed by atoms with Crippen molar-refractivity contribution in [1.82, 2.24) is 5.32 Å². The minimum atomic E-state index is -0.179. The Balaban J connectivity index is 1.73. The minimum Gasteiger partial charge on any atom is -0.377 e. The summed E-state index contributed by atoms with van der Waals surface area (Å²) in [5.41, 5.74) is 2.95. The van der Waals surface area contributed by atoms with Crippen molar-refractivity contribution < 1.29 is 9.59 Å². The van der Waals surface area contributed by atoms with E-state index in [4.69, 9.17) is 0 Å². The second-order valence-electron chi connectivity index (χ2n) is 6.60. The van der Waals surface area contributed by atoms with E-state index in [2.05, 4.69) is 10.6 Å². The number of thiophene rings is 1. The van der Waals surface area contributed by atoms with Crippen LogP contribution in [0.2, 0.25) is 0 Å². The molecule has 0 saturated heterocycles. The van der Waals surface area contributed by atoms with Crippen molar-refractivity contribution in [3.8, 4) is 0 Å². The lowest BCUT2D eigenvalue weighted by atomic mass is 10.1. The summed E-state index contributed by atoms with van der Waals surface area (Å²) in [6.07, 6.45) is 0.322. The van der Waals surface area contributed by atoms with Gasteiger partial charge in [0, 0.05) is 36.9 Å². The molecule has 0 unspecified atom stereocenters. The summed E-state index contributed by atoms with van der Waals surface area (Å²) in [7, 11) is 3.77. The molecular weight excluding hydrogens is 370 g/mol. The molecule has 3 rings (SSSR count). The smallest absolute Gasteiger partial charge is 0.253 e. The van der Waals surface area contributed by atoms with Crippen molar-refractivity contribution in [3.05, 3.63) is 82.0 Å². The van der Waals surface area contributed by atoms with Gasteiger partial charge in [-0.15, -0.1) is 11.3 Å². The molecule has 0 atom stereocenters. The van der Waals surface area contributed by atoms with Gasteiger partial charge in [-0.25, -0.2) is 0 Å². The predicted octanol–water partition coefficient (Wildman–Crippen LogP) is 3.93. The summed E-state index contributed by atoms with van der Waals surface area (Å²) in [6, 6.07) is 19.0. The number of anilines is 2. The van der Waals surface area contributed by atoms with Crippen molar-refractivity contribution in [1.29, 1.82) is 0 Å². The first-order valence-electron chi connectivity index (χ1n) is 8.98. The van der Waals surface area contributed by atoms with Crippen molar-refractivity contribution in [2.45, 2.75) is 13.0 Å². The summed E-state index contributed by atoms with van der Waals surface area (Å²) in [4.78, 5) is 28.0. The number of hydrogen-bond donors (Lipinski definition) is 2. The lowest BCUT2D eigenvalue weighted by Gasteiger charge is -2.18. The molecule has 0 aliphatic heterocycles. The van der Waals surface area contributed by atoms with Crippen molar-refractivity contribution >= 4 is 34.5 Å². The Labute approximate surface area is 169 Å². The molecule has 0 fully saturated rings. The van der Waals surface area contributed by atoms with Gasteiger partial charge < -0.3 is 15.5 Å². The zero-order chi connectivity index (χ0) is 19.9. The fraction of sp³-hybridized carbons (Fsp3) is 0.182. The van der Waals surface area contributed by atoms with E-state index in [1.165, 1.54) is 0 Å². The van der Waals surface area contributed by atoms with E-state index in [0.29, 0.717) is 24.2 Å². The Morgan fingerprint density at radius 3 is 2.46 bits per heavy atom. The largest absolute Gasteiger partial charge is 0.377 e. The summed E-state index contributed by atoms with van der Waals surface area (Å²) in [5.74, 6) is -0.280. The van der Waals surface area contributed by atoms with Crippen molar-refractivity contribution in [3.63, 3.8) is 0 Å². The average molecular weight is 394 g/mol. The van der Waals surface area contributed by atoms with Gasteiger partial charge in [-0.1, -0.05) is 36.4 Å². The van der Waals surface area contributed by atoms with Gasteiger partial charge in [0.05, 0.1) is 12.0 Å². The van der Waals surface area contributed by atoms with Crippen molar-refractivity contribution in [2.75, 3.05) is 24.3 Å². The van der Waals surface area contributed by atoms with Crippen LogP contribution >= 0.6 is 11.3 Å². The third kappa shape index (κ3) is 5.20. The fourth-order valence-electron chi connectivity index (χ4n) is 2.84. The van der Waals surface area contributed by atoms with E-state index < -0.39 is 0 Å². The van der Waals surface area contributed by atoms with Crippen LogP contribution in [0.1, 0.15) is 20.8 Å². The first-order valence-corrected chi connectivity index (χ1v) is 9.86. The Morgan fingerprint density at radius 1 is 1.00 bits per heavy atom. The van der Waals surface area contributed by atoms with E-state index in [-0.39, 0.29) is 11.8 Å². The molecule has 0 radical (unpaired) electrons. The Hall–Kier alpha value is -3.12. The average Bonchev–Trinajstić information content (AvgIpc) is 3.19. The van der Waals surface area contributed by atoms with E-state index in [9.17, 15) is 9.59 Å². The molecule has 0 aliphatic carbocycles. The summed E-state index contributed by atoms with van der Waals surface area (Å²) >= 11 is 1.55. The summed E-state index contributed by atoms with van der Waals surface area (Å²) in [5, 5.41) is 7.78. The second kappa shape index (κ2) is 9.19. The summed E-state index contributed by atoms with van der Waals surface area (Å²) < 4.78 is 0. The summed E-state index contributed by atoms with van der Waals surface area (Å²) in [6.45, 7) is 0.446. The Morgan fingerprint density at radius 2 is 1.79 bits per heavy atom. The van der Waals surface area contributed by atoms with Gasteiger partial charge in [0.15, 0.2) is 0 Å². The van der Waals surface area contributed by atoms with Crippen LogP contribution in [0.4, 0.5) is 11.4 Å². The fourth-order valence-corrected chi connectivity index (χ4v) is 3.54. The van der Waals surface area contributed by atoms with Gasteiger partial charge >= 0.3 is 0 Å². The zero-order valence-electron chi connectivity index (χ0n) is 15.9. The second-order valence-corrected chi connectivity index (χ2v) is 7.63. The molecule has 2 N–H and O–H groups in total. The van der Waals surface area contributed by atoms with Gasteiger partial charge in [0.25, 0.3) is 5.91 Å². The molecule has 1 heterocycles. The molecule has 0 bridgehead atoms. The monoisotopic (exact) mass is 393 g/mol. The van der Waals surface area contributed by atoms with Crippen LogP contribution in [0.3, 0.4) is 0 Å². The van der Waals surface area contributed by atoms with Crippen LogP contribution in [0.25, 0.3) is 0 Å². The van der Waals surface area contributed by atoms with Crippen LogP contribution in [0, 0.1) is 0 Å². The van der Waals surface area contributed by atoms with Crippen LogP contribution in [-0.4, -0.2) is 25.9 Å². The highest BCUT2D eigenvalue weighted by Crippen LogP contribution is 2.23. The lowest BCUT2D eigenvalue weighted by Crippen LogP contribution is -2.25. The topological polar surface area (TPSA) is 61.4 Å². The molecule has 3 aromatic rings. The van der Waals surface area contributed by atoms with Gasteiger partial charge in [-0.3, -0.25) is 9.59 Å². The first-order chi connectivity index (χ1) is 13.5. The standard InChI is InChI=1S/C22H23N3O2S/c1-25(2)20-11-10-17(24-21(26)14-18-9-6-12-28-18)13-19(20)22(27)23-15-16-7-4-3-5-8-16/h3-13H,14-15H2,1-2H3,(H,23,27)(H,24,26). The molecule has 5 nitrogen and oxygen atoms in total. The third-order valence-electron chi connectivity index (χ3n) is 4.22. The van der Waals surface area contributed by atoms with Crippen LogP contribution in [-0.2, 0) is 17.8 Å². The Bertz CT molecular complexity index is 938. The number of benzene rings is 2. The maximum absolute atomic E-state index is 12.8. The first kappa shape index (κ1) is 19.6. The molecule has 0 aliphatic rings. The van der Waals surface area contributed by atoms with Gasteiger partial charge in [-0.2, -0.15) is 0 Å². The normalized spacial score (nSPS) is 10.4. The molecular formula is C22H23N3O2S. The molecule has 144 valence electrons. The maximum atomic E-state index is 12.8. The number of nitrogens with one attached hydrogen (secondary N) is 2. The maximum Gasteiger partial charge on any atom is 0.253 e. The number of rotatable bonds is 7. The highest BCUT2D eigenvalue weighted by molar-refractivity contribution is 7.10. The molecule has 2 aromatic carbocycles. The van der Waals surface area contributed by atoms with Gasteiger partial charge in [-0.05, 0) is 35.2 Å². The predicted molar refractivity (Wildman–Crippen MR) is 115 cm³/mol. The highest BCUT2D eigenvalue weighted by atomic mass is 32.1. The SMILES string of the molecule is CN(C)c1ccc(NC(=O)Cc2cccs2)cc1C(=O)NCc1ccccc1. The highest BCUT2D eigenvalue weighted by Gasteiger charge is 2.15. The van der Waals surface area contributed by atoms with E-state index in [0.717, 1.165) is 16.1 Å². The van der Waals surface area contributed by atoms with Gasteiger partial charge in [0.1, 0.15) is 0 Å². The zero-order valence-corrected chi connectivity index (χ0v) is 16.8. The molecule has 6 heteroatoms. The number of carbonyl (C=O) groups excluding carboxylic acids is 2. The molecule has 0 saturated carbocycles. The molecule has 2 amide bonds. The number of hydrogen-bond acceptors (Lipinski definition) is 4. The lowest BCUT2D eigenvalue weighted by molar-refractivity contribution is -0.115. The molecule has 0 spiro atoms. The van der Waals surface area contributed by atoms with Crippen LogP contribution in [0.5, 0.6) is 0 Å². The number of carbonyl (C=O) groups is 2. The van der Waals surface area contributed by atoms with Gasteiger partial charge in [0.2, 0.25) is 5.91 Å². The molecule has 1 aromatic heterocycles. The van der Waals surface area contributed by atoms with Crippen molar-refractivity contribution in [2.24, 2.45) is 0 Å². The number of nitrogens with zero attached hydrogens (tertiary/aromatic N) is 1. The van der Waals surface area contributed by atoms with Crippen LogP contribution in [0.15, 0.2) is 66.0 Å². The Kier molecular flexibility index (Phi) is 6.45. The minimum absolute atomic E-state index is 0.101. The third-order valence-corrected chi connectivity index (χ3v) is 5.09. The quantitative estimate of drug-likeness (QED) is 0.639. The number of amides is 2. The van der Waals surface area contributed by atoms with Crippen LogP contribution < -0.4 is 15.5 Å². The van der Waals surface area contributed by atoms with E-state index >= 15 is 0 Å².